The average molecular weight is 454 g/mol. The van der Waals surface area contributed by atoms with Crippen LogP contribution in [0.3, 0.4) is 0 Å². The number of carbonyl (C=O) groups is 1. The molecule has 4 heterocycles. The minimum atomic E-state index is 0.0260. The third-order valence-electron chi connectivity index (χ3n) is 6.29. The summed E-state index contributed by atoms with van der Waals surface area (Å²) in [6, 6.07) is 17.6. The van der Waals surface area contributed by atoms with E-state index >= 15 is 0 Å². The molecule has 5 rings (SSSR count). The van der Waals surface area contributed by atoms with Gasteiger partial charge in [-0.15, -0.1) is 0 Å². The van der Waals surface area contributed by atoms with Crippen molar-refractivity contribution in [3.63, 3.8) is 0 Å². The van der Waals surface area contributed by atoms with E-state index in [1.165, 1.54) is 0 Å². The second-order valence-electron chi connectivity index (χ2n) is 8.57. The lowest BCUT2D eigenvalue weighted by Gasteiger charge is -2.32. The van der Waals surface area contributed by atoms with Gasteiger partial charge in [0.2, 0.25) is 0 Å². The summed E-state index contributed by atoms with van der Waals surface area (Å²) in [5.41, 5.74) is 5.14. The molecule has 1 fully saturated rings. The third kappa shape index (κ3) is 4.41. The highest BCUT2D eigenvalue weighted by molar-refractivity contribution is 5.95. The normalized spacial score (nSPS) is 15.8. The molecule has 1 aliphatic rings. The number of rotatable bonds is 5. The Labute approximate surface area is 199 Å². The zero-order valence-electron chi connectivity index (χ0n) is 19.4. The van der Waals surface area contributed by atoms with Crippen molar-refractivity contribution in [2.24, 2.45) is 7.05 Å². The van der Waals surface area contributed by atoms with Crippen LogP contribution in [0.2, 0.25) is 0 Å². The highest BCUT2D eigenvalue weighted by Crippen LogP contribution is 2.32. The van der Waals surface area contributed by atoms with Gasteiger partial charge in [-0.1, -0.05) is 18.2 Å². The number of piperidine rings is 1. The van der Waals surface area contributed by atoms with Gasteiger partial charge in [0.1, 0.15) is 5.75 Å². The van der Waals surface area contributed by atoms with Crippen molar-refractivity contribution in [3.8, 4) is 28.3 Å². The van der Waals surface area contributed by atoms with Crippen LogP contribution in [-0.2, 0) is 7.05 Å². The fourth-order valence-electron chi connectivity index (χ4n) is 4.55. The molecule has 0 unspecified atom stereocenters. The predicted octanol–water partition coefficient (Wildman–Crippen LogP) is 4.57. The number of nitrogens with zero attached hydrogens (tertiary/aromatic N) is 5. The highest BCUT2D eigenvalue weighted by atomic mass is 16.5. The second-order valence-corrected chi connectivity index (χ2v) is 8.57. The SMILES string of the molecule is COc1ccccc1-c1cccc([C@H]2CCCN(C(=O)c3ccnc(-c4cnn(C)c4)c3)C2)n1. The lowest BCUT2D eigenvalue weighted by atomic mass is 9.93. The van der Waals surface area contributed by atoms with Crippen LogP contribution in [0, 0.1) is 0 Å². The zero-order chi connectivity index (χ0) is 23.5. The van der Waals surface area contributed by atoms with Gasteiger partial charge in [-0.05, 0) is 49.2 Å². The molecule has 0 aliphatic carbocycles. The molecule has 7 nitrogen and oxygen atoms in total. The molecule has 0 N–H and O–H groups in total. The molecule has 1 saturated heterocycles. The first-order valence-electron chi connectivity index (χ1n) is 11.5. The standard InChI is InChI=1S/C27H27N5O2/c1-31-17-21(16-29-31)25-15-19(12-13-28-25)27(33)32-14-6-7-20(18-32)23-9-5-10-24(30-23)22-8-3-4-11-26(22)34-2/h3-5,8-13,15-17,20H,6-7,14,18H2,1-2H3/t20-/m0/s1. The Balaban J connectivity index is 1.36. The number of likely N-dealkylation sites (tertiary alicyclic amines) is 1. The Morgan fingerprint density at radius 1 is 1.09 bits per heavy atom. The number of aryl methyl sites for hydroxylation is 1. The van der Waals surface area contributed by atoms with E-state index in [0.717, 1.165) is 53.3 Å². The van der Waals surface area contributed by atoms with E-state index in [1.807, 2.05) is 60.6 Å². The molecule has 4 aromatic rings. The van der Waals surface area contributed by atoms with Crippen LogP contribution < -0.4 is 4.74 Å². The van der Waals surface area contributed by atoms with Gasteiger partial charge in [0.15, 0.2) is 0 Å². The average Bonchev–Trinajstić information content (AvgIpc) is 3.34. The third-order valence-corrected chi connectivity index (χ3v) is 6.29. The molecular formula is C27H27N5O2. The minimum absolute atomic E-state index is 0.0260. The molecular weight excluding hydrogens is 426 g/mol. The number of pyridine rings is 2. The zero-order valence-corrected chi connectivity index (χ0v) is 19.4. The van der Waals surface area contributed by atoms with E-state index in [4.69, 9.17) is 9.72 Å². The van der Waals surface area contributed by atoms with Crippen molar-refractivity contribution in [2.45, 2.75) is 18.8 Å². The van der Waals surface area contributed by atoms with Crippen LogP contribution in [0.5, 0.6) is 5.75 Å². The number of para-hydroxylation sites is 1. The van der Waals surface area contributed by atoms with Gasteiger partial charge in [-0.25, -0.2) is 0 Å². The highest BCUT2D eigenvalue weighted by Gasteiger charge is 2.27. The summed E-state index contributed by atoms with van der Waals surface area (Å²) < 4.78 is 7.25. The molecule has 0 saturated carbocycles. The van der Waals surface area contributed by atoms with Crippen LogP contribution in [0.1, 0.15) is 34.8 Å². The summed E-state index contributed by atoms with van der Waals surface area (Å²) in [5, 5.41) is 4.21. The maximum atomic E-state index is 13.4. The molecule has 0 bridgehead atoms. The van der Waals surface area contributed by atoms with Crippen molar-refractivity contribution in [2.75, 3.05) is 20.2 Å². The molecule has 1 aromatic carbocycles. The topological polar surface area (TPSA) is 73.1 Å². The van der Waals surface area contributed by atoms with Gasteiger partial charge in [-0.2, -0.15) is 5.10 Å². The number of aromatic nitrogens is 4. The number of carbonyl (C=O) groups excluding carboxylic acids is 1. The van der Waals surface area contributed by atoms with Crippen LogP contribution >= 0.6 is 0 Å². The van der Waals surface area contributed by atoms with Crippen molar-refractivity contribution < 1.29 is 9.53 Å². The first-order valence-corrected chi connectivity index (χ1v) is 11.5. The van der Waals surface area contributed by atoms with E-state index in [0.29, 0.717) is 12.1 Å². The molecule has 7 heteroatoms. The predicted molar refractivity (Wildman–Crippen MR) is 131 cm³/mol. The Morgan fingerprint density at radius 2 is 1.97 bits per heavy atom. The fraction of sp³-hybridized carbons (Fsp3) is 0.259. The van der Waals surface area contributed by atoms with Crippen molar-refractivity contribution >= 4 is 5.91 Å². The first kappa shape index (κ1) is 21.8. The lowest BCUT2D eigenvalue weighted by Crippen LogP contribution is -2.39. The summed E-state index contributed by atoms with van der Waals surface area (Å²) in [6.07, 6.45) is 7.29. The molecule has 0 spiro atoms. The van der Waals surface area contributed by atoms with Gasteiger partial charge >= 0.3 is 0 Å². The summed E-state index contributed by atoms with van der Waals surface area (Å²) >= 11 is 0. The quantitative estimate of drug-likeness (QED) is 0.443. The lowest BCUT2D eigenvalue weighted by molar-refractivity contribution is 0.0706. The number of hydrogen-bond acceptors (Lipinski definition) is 5. The van der Waals surface area contributed by atoms with Gasteiger partial charge in [0.05, 0.1) is 24.7 Å². The van der Waals surface area contributed by atoms with Gasteiger partial charge < -0.3 is 9.64 Å². The van der Waals surface area contributed by atoms with Gasteiger partial charge in [-0.3, -0.25) is 19.4 Å². The summed E-state index contributed by atoms with van der Waals surface area (Å²) in [4.78, 5) is 24.7. The first-order chi connectivity index (χ1) is 16.6. The van der Waals surface area contributed by atoms with Crippen molar-refractivity contribution in [1.29, 1.82) is 0 Å². The van der Waals surface area contributed by atoms with Crippen LogP contribution in [0.15, 0.2) is 73.2 Å². The number of hydrogen-bond donors (Lipinski definition) is 0. The van der Waals surface area contributed by atoms with E-state index in [1.54, 1.807) is 30.3 Å². The Bertz CT molecular complexity index is 1320. The smallest absolute Gasteiger partial charge is 0.254 e. The maximum absolute atomic E-state index is 13.4. The van der Waals surface area contributed by atoms with Crippen LogP contribution in [0.4, 0.5) is 0 Å². The van der Waals surface area contributed by atoms with Crippen LogP contribution in [-0.4, -0.2) is 50.8 Å². The number of ether oxygens (including phenoxy) is 1. The summed E-state index contributed by atoms with van der Waals surface area (Å²) in [6.45, 7) is 1.39. The minimum Gasteiger partial charge on any atom is -0.496 e. The molecule has 1 atom stereocenters. The number of methoxy groups -OCH3 is 1. The van der Waals surface area contributed by atoms with E-state index in [2.05, 4.69) is 16.1 Å². The summed E-state index contributed by atoms with van der Waals surface area (Å²) in [5.74, 6) is 1.01. The molecule has 1 amide bonds. The second kappa shape index (κ2) is 9.47. The van der Waals surface area contributed by atoms with Crippen molar-refractivity contribution in [1.82, 2.24) is 24.6 Å². The molecule has 172 valence electrons. The Morgan fingerprint density at radius 3 is 2.79 bits per heavy atom. The number of benzene rings is 1. The monoisotopic (exact) mass is 453 g/mol. The molecule has 1 aliphatic heterocycles. The van der Waals surface area contributed by atoms with Gasteiger partial charge in [0, 0.05) is 60.8 Å². The van der Waals surface area contributed by atoms with E-state index < -0.39 is 0 Å². The molecule has 34 heavy (non-hydrogen) atoms. The Kier molecular flexibility index (Phi) is 6.08. The maximum Gasteiger partial charge on any atom is 0.254 e. The Hall–Kier alpha value is -4.00. The largest absolute Gasteiger partial charge is 0.496 e. The molecule has 0 radical (unpaired) electrons. The van der Waals surface area contributed by atoms with E-state index in [-0.39, 0.29) is 11.8 Å². The van der Waals surface area contributed by atoms with Crippen LogP contribution in [0.25, 0.3) is 22.5 Å². The molecule has 3 aromatic heterocycles. The van der Waals surface area contributed by atoms with Gasteiger partial charge in [0.25, 0.3) is 5.91 Å². The summed E-state index contributed by atoms with van der Waals surface area (Å²) in [7, 11) is 3.54. The van der Waals surface area contributed by atoms with Crippen molar-refractivity contribution in [3.05, 3.63) is 84.4 Å². The number of amides is 1. The van der Waals surface area contributed by atoms with E-state index in [9.17, 15) is 4.79 Å². The fourth-order valence-corrected chi connectivity index (χ4v) is 4.55.